The number of hydrogen-bond acceptors (Lipinski definition) is 3. The first-order chi connectivity index (χ1) is 8.77. The average molecular weight is 278 g/mol. The Morgan fingerprint density at radius 3 is 2.32 bits per heavy atom. The second-order valence-corrected chi connectivity index (χ2v) is 6.48. The monoisotopic (exact) mass is 278 g/mol. The molecule has 1 aromatic rings. The molecule has 0 aliphatic heterocycles. The first-order valence-electron chi connectivity index (χ1n) is 5.83. The molecular weight excluding hydrogens is 260 g/mol. The summed E-state index contributed by atoms with van der Waals surface area (Å²) in [4.78, 5) is 0.266. The van der Waals surface area contributed by atoms with E-state index >= 15 is 0 Å². The van der Waals surface area contributed by atoms with Crippen LogP contribution in [0.5, 0.6) is 0 Å². The molecule has 0 N–H and O–H groups in total. The molecule has 0 radical (unpaired) electrons. The predicted molar refractivity (Wildman–Crippen MR) is 76.4 cm³/mol. The molecule has 0 unspecified atom stereocenters. The summed E-state index contributed by atoms with van der Waals surface area (Å²) in [6, 6.07) is 6.70. The molecular formula is C15H18O3S. The van der Waals surface area contributed by atoms with Gasteiger partial charge in [-0.1, -0.05) is 29.5 Å². The van der Waals surface area contributed by atoms with Crippen LogP contribution in [0.25, 0.3) is 0 Å². The number of allylic oxidation sites excluding steroid dienone is 1. The van der Waals surface area contributed by atoms with Crippen molar-refractivity contribution in [2.24, 2.45) is 0 Å². The Kier molecular flexibility index (Phi) is 4.93. The summed E-state index contributed by atoms with van der Waals surface area (Å²) in [5, 5.41) is 1.11. The van der Waals surface area contributed by atoms with E-state index in [1.807, 2.05) is 20.8 Å². The van der Waals surface area contributed by atoms with Crippen LogP contribution in [-0.4, -0.2) is 21.1 Å². The second kappa shape index (κ2) is 6.05. The van der Waals surface area contributed by atoms with Crippen molar-refractivity contribution in [3.8, 4) is 11.8 Å². The molecule has 19 heavy (non-hydrogen) atoms. The zero-order chi connectivity index (χ0) is 14.5. The van der Waals surface area contributed by atoms with Gasteiger partial charge in [-0.25, -0.2) is 8.42 Å². The van der Waals surface area contributed by atoms with Gasteiger partial charge in [0.1, 0.15) is 5.60 Å². The van der Waals surface area contributed by atoms with Crippen molar-refractivity contribution in [1.82, 2.24) is 0 Å². The maximum absolute atomic E-state index is 12.0. The lowest BCUT2D eigenvalue weighted by molar-refractivity contribution is 0.0742. The fourth-order valence-corrected chi connectivity index (χ4v) is 2.12. The molecule has 0 heterocycles. The molecule has 0 bridgehead atoms. The zero-order valence-electron chi connectivity index (χ0n) is 11.6. The first-order valence-corrected chi connectivity index (χ1v) is 7.38. The summed E-state index contributed by atoms with van der Waals surface area (Å²) in [5.74, 6) is 5.50. The minimum Gasteiger partial charge on any atom is -0.366 e. The van der Waals surface area contributed by atoms with E-state index in [1.54, 1.807) is 31.4 Å². The van der Waals surface area contributed by atoms with E-state index in [-0.39, 0.29) is 4.90 Å². The van der Waals surface area contributed by atoms with Crippen molar-refractivity contribution in [1.29, 1.82) is 0 Å². The van der Waals surface area contributed by atoms with Crippen molar-refractivity contribution >= 4 is 9.84 Å². The Morgan fingerprint density at radius 1 is 1.21 bits per heavy atom. The molecule has 0 aliphatic carbocycles. The van der Waals surface area contributed by atoms with Gasteiger partial charge in [-0.2, -0.15) is 0 Å². The van der Waals surface area contributed by atoms with Crippen LogP contribution in [0.15, 0.2) is 40.6 Å². The van der Waals surface area contributed by atoms with E-state index in [4.69, 9.17) is 4.74 Å². The van der Waals surface area contributed by atoms with Crippen molar-refractivity contribution < 1.29 is 13.2 Å². The van der Waals surface area contributed by atoms with Crippen LogP contribution in [0.1, 0.15) is 19.4 Å². The van der Waals surface area contributed by atoms with E-state index in [9.17, 15) is 8.42 Å². The predicted octanol–water partition coefficient (Wildman–Crippen LogP) is 2.71. The van der Waals surface area contributed by atoms with Crippen LogP contribution in [0, 0.1) is 18.8 Å². The van der Waals surface area contributed by atoms with Gasteiger partial charge in [0, 0.05) is 12.5 Å². The Morgan fingerprint density at radius 2 is 1.79 bits per heavy atom. The number of aryl methyl sites for hydroxylation is 1. The summed E-state index contributed by atoms with van der Waals surface area (Å²) in [6.45, 7) is 5.52. The van der Waals surface area contributed by atoms with Crippen LogP contribution in [0.2, 0.25) is 0 Å². The van der Waals surface area contributed by atoms with Gasteiger partial charge in [-0.15, -0.1) is 0 Å². The summed E-state index contributed by atoms with van der Waals surface area (Å²) in [6.07, 6.45) is 1.33. The highest BCUT2D eigenvalue weighted by Crippen LogP contribution is 2.13. The Hall–Kier alpha value is -1.57. The van der Waals surface area contributed by atoms with E-state index in [2.05, 4.69) is 11.8 Å². The van der Waals surface area contributed by atoms with Gasteiger partial charge in [0.15, 0.2) is 9.84 Å². The maximum Gasteiger partial charge on any atom is 0.200 e. The summed E-state index contributed by atoms with van der Waals surface area (Å²) < 4.78 is 29.0. The van der Waals surface area contributed by atoms with Crippen molar-refractivity contribution in [2.45, 2.75) is 31.3 Å². The maximum atomic E-state index is 12.0. The Bertz CT molecular complexity index is 612. The molecule has 0 spiro atoms. The minimum atomic E-state index is -3.43. The van der Waals surface area contributed by atoms with Gasteiger partial charge in [0.05, 0.1) is 4.90 Å². The lowest BCUT2D eigenvalue weighted by Gasteiger charge is -2.13. The molecule has 0 aromatic heterocycles. The largest absolute Gasteiger partial charge is 0.366 e. The molecule has 0 saturated heterocycles. The Balaban J connectivity index is 2.89. The van der Waals surface area contributed by atoms with Gasteiger partial charge in [-0.05, 0) is 39.0 Å². The third-order valence-corrected chi connectivity index (χ3v) is 3.99. The molecule has 1 rings (SSSR count). The smallest absolute Gasteiger partial charge is 0.200 e. The second-order valence-electron chi connectivity index (χ2n) is 4.64. The van der Waals surface area contributed by atoms with Gasteiger partial charge in [-0.3, -0.25) is 0 Å². The lowest BCUT2D eigenvalue weighted by Crippen LogP contribution is -2.18. The quantitative estimate of drug-likeness (QED) is 0.798. The SMILES string of the molecule is COC(C)(C)C#C/C=C\S(=O)(=O)c1ccc(C)cc1. The summed E-state index contributed by atoms with van der Waals surface area (Å²) >= 11 is 0. The van der Waals surface area contributed by atoms with E-state index in [0.29, 0.717) is 0 Å². The van der Waals surface area contributed by atoms with Crippen LogP contribution in [0.3, 0.4) is 0 Å². The number of rotatable bonds is 3. The molecule has 4 heteroatoms. The number of benzene rings is 1. The number of ether oxygens (including phenoxy) is 1. The third kappa shape index (κ3) is 4.90. The fourth-order valence-electron chi connectivity index (χ4n) is 1.20. The molecule has 0 atom stereocenters. The van der Waals surface area contributed by atoms with E-state index in [1.165, 1.54) is 6.08 Å². The van der Waals surface area contributed by atoms with Crippen LogP contribution >= 0.6 is 0 Å². The van der Waals surface area contributed by atoms with Crippen molar-refractivity contribution in [2.75, 3.05) is 7.11 Å². The normalized spacial score (nSPS) is 12.2. The number of hydrogen-bond donors (Lipinski definition) is 0. The Labute approximate surface area is 115 Å². The number of sulfone groups is 1. The van der Waals surface area contributed by atoms with E-state index in [0.717, 1.165) is 11.0 Å². The molecule has 0 fully saturated rings. The van der Waals surface area contributed by atoms with E-state index < -0.39 is 15.4 Å². The van der Waals surface area contributed by atoms with Crippen molar-refractivity contribution in [3.63, 3.8) is 0 Å². The fraction of sp³-hybridized carbons (Fsp3) is 0.333. The lowest BCUT2D eigenvalue weighted by atomic mass is 10.1. The molecule has 3 nitrogen and oxygen atoms in total. The first kappa shape index (κ1) is 15.5. The topological polar surface area (TPSA) is 43.4 Å². The zero-order valence-corrected chi connectivity index (χ0v) is 12.4. The summed E-state index contributed by atoms with van der Waals surface area (Å²) in [7, 11) is -1.87. The van der Waals surface area contributed by atoms with Gasteiger partial charge in [0.2, 0.25) is 0 Å². The number of methoxy groups -OCH3 is 1. The highest BCUT2D eigenvalue weighted by Gasteiger charge is 2.11. The minimum absolute atomic E-state index is 0.266. The molecule has 0 aliphatic rings. The highest BCUT2D eigenvalue weighted by molar-refractivity contribution is 7.94. The molecule has 102 valence electrons. The van der Waals surface area contributed by atoms with Crippen LogP contribution in [0.4, 0.5) is 0 Å². The highest BCUT2D eigenvalue weighted by atomic mass is 32.2. The molecule has 0 amide bonds. The molecule has 0 saturated carbocycles. The van der Waals surface area contributed by atoms with Gasteiger partial charge >= 0.3 is 0 Å². The third-order valence-electron chi connectivity index (χ3n) is 2.56. The van der Waals surface area contributed by atoms with Crippen LogP contribution in [-0.2, 0) is 14.6 Å². The standard InChI is InChI=1S/C15H18O3S/c1-13-7-9-14(10-8-13)19(16,17)12-6-5-11-15(2,3)18-4/h6-10,12H,1-4H3/b12-6-. The van der Waals surface area contributed by atoms with Gasteiger partial charge < -0.3 is 4.74 Å². The summed E-state index contributed by atoms with van der Waals surface area (Å²) in [5.41, 5.74) is 0.433. The van der Waals surface area contributed by atoms with Gasteiger partial charge in [0.25, 0.3) is 0 Å². The van der Waals surface area contributed by atoms with Crippen molar-refractivity contribution in [3.05, 3.63) is 41.3 Å². The molecule has 1 aromatic carbocycles. The van der Waals surface area contributed by atoms with Crippen LogP contribution < -0.4 is 0 Å². The average Bonchev–Trinajstić information content (AvgIpc) is 2.35.